The van der Waals surface area contributed by atoms with E-state index in [1.54, 1.807) is 31.3 Å². The van der Waals surface area contributed by atoms with Crippen LogP contribution in [0.25, 0.3) is 0 Å². The second-order valence-electron chi connectivity index (χ2n) is 4.26. The number of carbonyl (C=O) groups is 2. The molecule has 104 valence electrons. The first-order valence-corrected chi connectivity index (χ1v) is 6.00. The lowest BCUT2D eigenvalue weighted by atomic mass is 10.1. The quantitative estimate of drug-likeness (QED) is 0.927. The van der Waals surface area contributed by atoms with Crippen LogP contribution in [0.5, 0.6) is 0 Å². The Balaban J connectivity index is 2.33. The lowest BCUT2D eigenvalue weighted by Gasteiger charge is -2.17. The molecule has 2 aromatic rings. The minimum atomic E-state index is -1.20. The van der Waals surface area contributed by atoms with Crippen LogP contribution in [0.2, 0.25) is 0 Å². The summed E-state index contributed by atoms with van der Waals surface area (Å²) in [5, 5.41) is 17.8. The first kappa shape index (κ1) is 14.2. The Morgan fingerprint density at radius 3 is 2.71 bits per heavy atom. The van der Waals surface area contributed by atoms with Crippen molar-refractivity contribution < 1.29 is 14.7 Å². The zero-order chi connectivity index (χ0) is 15.4. The van der Waals surface area contributed by atoms with E-state index in [0.717, 1.165) is 0 Å². The summed E-state index contributed by atoms with van der Waals surface area (Å²) in [6.07, 6.45) is 1.27. The van der Waals surface area contributed by atoms with Crippen molar-refractivity contribution in [3.8, 4) is 6.07 Å². The number of pyridine rings is 1. The molecule has 0 aliphatic heterocycles. The summed E-state index contributed by atoms with van der Waals surface area (Å²) in [6.45, 7) is 0. The minimum Gasteiger partial charge on any atom is -0.477 e. The van der Waals surface area contributed by atoms with Gasteiger partial charge in [0.1, 0.15) is 5.69 Å². The number of hydrogen-bond acceptors (Lipinski definition) is 4. The molecule has 0 saturated heterocycles. The summed E-state index contributed by atoms with van der Waals surface area (Å²) in [5.74, 6) is -1.58. The molecular weight excluding hydrogens is 270 g/mol. The summed E-state index contributed by atoms with van der Waals surface area (Å²) in [7, 11) is 1.56. The van der Waals surface area contributed by atoms with Gasteiger partial charge in [-0.25, -0.2) is 9.78 Å². The van der Waals surface area contributed by atoms with Gasteiger partial charge in [-0.05, 0) is 30.3 Å². The molecule has 1 N–H and O–H groups in total. The molecule has 2 rings (SSSR count). The molecule has 0 bridgehead atoms. The Bertz CT molecular complexity index is 750. The van der Waals surface area contributed by atoms with Gasteiger partial charge in [0.05, 0.1) is 11.6 Å². The average Bonchev–Trinajstić information content (AvgIpc) is 2.53. The number of rotatable bonds is 3. The van der Waals surface area contributed by atoms with Crippen LogP contribution in [0.1, 0.15) is 26.4 Å². The van der Waals surface area contributed by atoms with Crippen LogP contribution in [0.4, 0.5) is 5.69 Å². The number of benzene rings is 1. The van der Waals surface area contributed by atoms with E-state index < -0.39 is 5.97 Å². The van der Waals surface area contributed by atoms with Crippen LogP contribution in [-0.4, -0.2) is 29.0 Å². The fraction of sp³-hybridized carbons (Fsp3) is 0.0667. The summed E-state index contributed by atoms with van der Waals surface area (Å²) >= 11 is 0. The van der Waals surface area contributed by atoms with Gasteiger partial charge in [0.25, 0.3) is 5.91 Å². The Labute approximate surface area is 120 Å². The number of carboxylic acids is 1. The molecule has 1 amide bonds. The van der Waals surface area contributed by atoms with E-state index in [1.165, 1.54) is 23.2 Å². The summed E-state index contributed by atoms with van der Waals surface area (Å²) < 4.78 is 0. The van der Waals surface area contributed by atoms with Crippen molar-refractivity contribution in [2.75, 3.05) is 11.9 Å². The van der Waals surface area contributed by atoms with Gasteiger partial charge < -0.3 is 10.0 Å². The van der Waals surface area contributed by atoms with Crippen molar-refractivity contribution in [2.45, 2.75) is 0 Å². The maximum absolute atomic E-state index is 12.3. The molecular formula is C15H11N3O3. The first-order valence-electron chi connectivity index (χ1n) is 6.00. The fourth-order valence-electron chi connectivity index (χ4n) is 1.78. The maximum atomic E-state index is 12.3. The predicted octanol–water partition coefficient (Wildman–Crippen LogP) is 1.93. The van der Waals surface area contributed by atoms with Gasteiger partial charge in [0, 0.05) is 24.5 Å². The van der Waals surface area contributed by atoms with Crippen molar-refractivity contribution >= 4 is 17.6 Å². The Morgan fingerprint density at radius 1 is 1.29 bits per heavy atom. The zero-order valence-electron chi connectivity index (χ0n) is 11.1. The number of amides is 1. The molecule has 21 heavy (non-hydrogen) atoms. The Kier molecular flexibility index (Phi) is 3.95. The number of aromatic carboxylic acids is 1. The van der Waals surface area contributed by atoms with Crippen LogP contribution in [0, 0.1) is 11.3 Å². The smallest absolute Gasteiger partial charge is 0.354 e. The second kappa shape index (κ2) is 5.84. The van der Waals surface area contributed by atoms with Gasteiger partial charge in [-0.1, -0.05) is 6.07 Å². The summed E-state index contributed by atoms with van der Waals surface area (Å²) in [6, 6.07) is 11.2. The number of nitrogens with zero attached hydrogens (tertiary/aromatic N) is 3. The maximum Gasteiger partial charge on any atom is 0.354 e. The predicted molar refractivity (Wildman–Crippen MR) is 75.1 cm³/mol. The largest absolute Gasteiger partial charge is 0.477 e. The second-order valence-corrected chi connectivity index (χ2v) is 4.26. The fourth-order valence-corrected chi connectivity index (χ4v) is 1.78. The third-order valence-corrected chi connectivity index (χ3v) is 2.89. The molecule has 0 aliphatic carbocycles. The van der Waals surface area contributed by atoms with Crippen molar-refractivity contribution in [1.82, 2.24) is 4.98 Å². The highest BCUT2D eigenvalue weighted by Crippen LogP contribution is 2.17. The highest BCUT2D eigenvalue weighted by Gasteiger charge is 2.16. The van der Waals surface area contributed by atoms with Crippen LogP contribution < -0.4 is 4.90 Å². The van der Waals surface area contributed by atoms with E-state index >= 15 is 0 Å². The lowest BCUT2D eigenvalue weighted by Crippen LogP contribution is -2.26. The van der Waals surface area contributed by atoms with Gasteiger partial charge in [-0.2, -0.15) is 5.26 Å². The van der Waals surface area contributed by atoms with Crippen molar-refractivity contribution in [3.05, 3.63) is 59.4 Å². The highest BCUT2D eigenvalue weighted by molar-refractivity contribution is 6.06. The van der Waals surface area contributed by atoms with Crippen molar-refractivity contribution in [2.24, 2.45) is 0 Å². The highest BCUT2D eigenvalue weighted by atomic mass is 16.4. The van der Waals surface area contributed by atoms with Crippen molar-refractivity contribution in [1.29, 1.82) is 5.26 Å². The number of hydrogen-bond donors (Lipinski definition) is 1. The molecule has 6 heteroatoms. The Morgan fingerprint density at radius 2 is 2.05 bits per heavy atom. The molecule has 1 aromatic heterocycles. The minimum absolute atomic E-state index is 0.194. The molecule has 0 spiro atoms. The third kappa shape index (κ3) is 3.04. The lowest BCUT2D eigenvalue weighted by molar-refractivity contribution is 0.0690. The number of nitriles is 1. The normalized spacial score (nSPS) is 9.71. The molecule has 0 radical (unpaired) electrons. The number of aromatic nitrogens is 1. The van der Waals surface area contributed by atoms with E-state index in [1.807, 2.05) is 6.07 Å². The first-order chi connectivity index (χ1) is 10.0. The standard InChI is InChI=1S/C15H11N3O3/c1-18(12-4-2-3-10(7-12)9-16)14(19)11-5-6-17-13(8-11)15(20)21/h2-8H,1H3,(H,20,21). The van der Waals surface area contributed by atoms with Crippen LogP contribution >= 0.6 is 0 Å². The molecule has 0 aliphatic rings. The van der Waals surface area contributed by atoms with Gasteiger partial charge >= 0.3 is 5.97 Å². The molecule has 1 aromatic carbocycles. The van der Waals surface area contributed by atoms with E-state index in [-0.39, 0.29) is 17.2 Å². The van der Waals surface area contributed by atoms with E-state index in [0.29, 0.717) is 11.3 Å². The van der Waals surface area contributed by atoms with Gasteiger partial charge in [0.15, 0.2) is 0 Å². The van der Waals surface area contributed by atoms with Crippen LogP contribution in [0.15, 0.2) is 42.6 Å². The monoisotopic (exact) mass is 281 g/mol. The van der Waals surface area contributed by atoms with E-state index in [2.05, 4.69) is 4.98 Å². The molecule has 0 saturated carbocycles. The SMILES string of the molecule is CN(C(=O)c1ccnc(C(=O)O)c1)c1cccc(C#N)c1. The van der Waals surface area contributed by atoms with Crippen molar-refractivity contribution in [3.63, 3.8) is 0 Å². The number of carboxylic acid groups (broad SMARTS) is 1. The number of carbonyl (C=O) groups excluding carboxylic acids is 1. The molecule has 0 fully saturated rings. The van der Waals surface area contributed by atoms with Gasteiger partial charge in [-0.15, -0.1) is 0 Å². The van der Waals surface area contributed by atoms with Crippen LogP contribution in [0.3, 0.4) is 0 Å². The van der Waals surface area contributed by atoms with E-state index in [4.69, 9.17) is 10.4 Å². The molecule has 6 nitrogen and oxygen atoms in total. The van der Waals surface area contributed by atoms with Gasteiger partial charge in [0.2, 0.25) is 0 Å². The molecule has 0 unspecified atom stereocenters. The molecule has 1 heterocycles. The van der Waals surface area contributed by atoms with E-state index in [9.17, 15) is 9.59 Å². The topological polar surface area (TPSA) is 94.3 Å². The summed E-state index contributed by atoms with van der Waals surface area (Å²) in [5.41, 5.74) is 1.01. The average molecular weight is 281 g/mol. The van der Waals surface area contributed by atoms with Gasteiger partial charge in [-0.3, -0.25) is 4.79 Å². The Hall–Kier alpha value is -3.20. The molecule has 0 atom stereocenters. The summed E-state index contributed by atoms with van der Waals surface area (Å²) in [4.78, 5) is 28.2. The third-order valence-electron chi connectivity index (χ3n) is 2.89. The number of anilines is 1. The zero-order valence-corrected chi connectivity index (χ0v) is 11.1. The van der Waals surface area contributed by atoms with Crippen LogP contribution in [-0.2, 0) is 0 Å².